The summed E-state index contributed by atoms with van der Waals surface area (Å²) in [4.78, 5) is 11.8. The first-order chi connectivity index (χ1) is 10.8. The first-order valence-corrected chi connectivity index (χ1v) is 7.71. The second kappa shape index (κ2) is 5.16. The molecule has 1 aromatic heterocycles. The van der Waals surface area contributed by atoms with Crippen molar-refractivity contribution in [2.45, 2.75) is 19.3 Å². The van der Waals surface area contributed by atoms with Crippen LogP contribution in [-0.2, 0) is 11.2 Å². The van der Waals surface area contributed by atoms with Crippen molar-refractivity contribution in [1.29, 1.82) is 0 Å². The average molecular weight is 298 g/mol. The molecule has 2 aliphatic carbocycles. The van der Waals surface area contributed by atoms with E-state index in [1.807, 2.05) is 30.3 Å². The fourth-order valence-electron chi connectivity index (χ4n) is 3.55. The predicted octanol–water partition coefficient (Wildman–Crippen LogP) is 2.55. The van der Waals surface area contributed by atoms with Gasteiger partial charge in [0.25, 0.3) is 0 Å². The van der Waals surface area contributed by atoms with Crippen LogP contribution in [0.1, 0.15) is 34.6 Å². The van der Waals surface area contributed by atoms with Gasteiger partial charge < -0.3 is 9.47 Å². The number of carbonyl (C=O) groups excluding carboxylic acids is 1. The van der Waals surface area contributed by atoms with Gasteiger partial charge in [0.2, 0.25) is 0 Å². The first kappa shape index (κ1) is 13.4. The summed E-state index contributed by atoms with van der Waals surface area (Å²) in [5.41, 5.74) is 2.62. The highest BCUT2D eigenvalue weighted by molar-refractivity contribution is 5.89. The molecule has 1 saturated carbocycles. The van der Waals surface area contributed by atoms with Crippen molar-refractivity contribution >= 4 is 5.97 Å². The highest BCUT2D eigenvalue weighted by Gasteiger charge is 2.58. The summed E-state index contributed by atoms with van der Waals surface area (Å²) >= 11 is 0. The SMILES string of the molecule is CCOC(=O)c1n[nH]c2c1C[C@H]1[C@@H](COc3ccccc3)[C@@H]21. The molecule has 3 atom stereocenters. The van der Waals surface area contributed by atoms with Crippen molar-refractivity contribution in [2.24, 2.45) is 11.8 Å². The molecule has 1 fully saturated rings. The van der Waals surface area contributed by atoms with Gasteiger partial charge in [-0.2, -0.15) is 5.10 Å². The fraction of sp³-hybridized carbons (Fsp3) is 0.412. The maximum Gasteiger partial charge on any atom is 0.359 e. The summed E-state index contributed by atoms with van der Waals surface area (Å²) in [7, 11) is 0. The molecule has 2 aliphatic rings. The smallest absolute Gasteiger partial charge is 0.359 e. The normalized spacial score (nSPS) is 24.5. The lowest BCUT2D eigenvalue weighted by atomic mass is 10.1. The Morgan fingerprint density at radius 1 is 1.36 bits per heavy atom. The highest BCUT2D eigenvalue weighted by Crippen LogP contribution is 2.61. The molecule has 114 valence electrons. The molecule has 0 unspecified atom stereocenters. The zero-order valence-electron chi connectivity index (χ0n) is 12.4. The Labute approximate surface area is 128 Å². The van der Waals surface area contributed by atoms with Crippen molar-refractivity contribution in [3.8, 4) is 5.75 Å². The van der Waals surface area contributed by atoms with E-state index in [1.165, 1.54) is 0 Å². The minimum absolute atomic E-state index is 0.321. The van der Waals surface area contributed by atoms with E-state index in [2.05, 4.69) is 10.2 Å². The Kier molecular flexibility index (Phi) is 3.13. The number of fused-ring (bicyclic) bond motifs is 3. The average Bonchev–Trinajstić information content (AvgIpc) is 2.87. The van der Waals surface area contributed by atoms with Crippen molar-refractivity contribution in [3.63, 3.8) is 0 Å². The topological polar surface area (TPSA) is 64.2 Å². The number of benzene rings is 1. The maximum atomic E-state index is 11.8. The molecule has 0 bridgehead atoms. The zero-order valence-corrected chi connectivity index (χ0v) is 12.4. The summed E-state index contributed by atoms with van der Waals surface area (Å²) in [6.07, 6.45) is 0.896. The molecular formula is C17H18N2O3. The zero-order chi connectivity index (χ0) is 15.1. The van der Waals surface area contributed by atoms with Crippen LogP contribution in [-0.4, -0.2) is 29.4 Å². The van der Waals surface area contributed by atoms with E-state index in [-0.39, 0.29) is 5.97 Å². The number of aromatic nitrogens is 2. The van der Waals surface area contributed by atoms with Crippen LogP contribution in [0, 0.1) is 11.8 Å². The molecule has 5 nitrogen and oxygen atoms in total. The van der Waals surface area contributed by atoms with E-state index >= 15 is 0 Å². The van der Waals surface area contributed by atoms with Gasteiger partial charge >= 0.3 is 5.97 Å². The van der Waals surface area contributed by atoms with Crippen molar-refractivity contribution in [3.05, 3.63) is 47.3 Å². The minimum Gasteiger partial charge on any atom is -0.493 e. The number of nitrogens with zero attached hydrogens (tertiary/aromatic N) is 1. The number of aromatic amines is 1. The van der Waals surface area contributed by atoms with Gasteiger partial charge in [-0.1, -0.05) is 18.2 Å². The van der Waals surface area contributed by atoms with Crippen LogP contribution in [0.25, 0.3) is 0 Å². The van der Waals surface area contributed by atoms with E-state index < -0.39 is 0 Å². The summed E-state index contributed by atoms with van der Waals surface area (Å²) in [5.74, 6) is 2.13. The third kappa shape index (κ3) is 2.08. The molecule has 0 aliphatic heterocycles. The van der Waals surface area contributed by atoms with Crippen LogP contribution in [0.15, 0.2) is 30.3 Å². The van der Waals surface area contributed by atoms with Gasteiger partial charge in [0.15, 0.2) is 5.69 Å². The van der Waals surface area contributed by atoms with Crippen LogP contribution in [0.2, 0.25) is 0 Å². The minimum atomic E-state index is -0.321. The fourth-order valence-corrected chi connectivity index (χ4v) is 3.55. The van der Waals surface area contributed by atoms with Crippen molar-refractivity contribution < 1.29 is 14.3 Å². The van der Waals surface area contributed by atoms with E-state index in [9.17, 15) is 4.79 Å². The van der Waals surface area contributed by atoms with Crippen LogP contribution >= 0.6 is 0 Å². The summed E-state index contributed by atoms with van der Waals surface area (Å²) < 4.78 is 10.9. The number of rotatable bonds is 5. The van der Waals surface area contributed by atoms with Crippen molar-refractivity contribution in [2.75, 3.05) is 13.2 Å². The summed E-state index contributed by atoms with van der Waals surface area (Å²) in [6.45, 7) is 2.90. The number of nitrogens with one attached hydrogen (secondary N) is 1. The number of hydrogen-bond donors (Lipinski definition) is 1. The Hall–Kier alpha value is -2.30. The van der Waals surface area contributed by atoms with E-state index in [0.29, 0.717) is 36.7 Å². The molecule has 0 radical (unpaired) electrons. The molecule has 22 heavy (non-hydrogen) atoms. The first-order valence-electron chi connectivity index (χ1n) is 7.71. The van der Waals surface area contributed by atoms with Crippen molar-refractivity contribution in [1.82, 2.24) is 10.2 Å². The molecule has 0 saturated heterocycles. The Bertz CT molecular complexity index is 695. The summed E-state index contributed by atoms with van der Waals surface area (Å²) in [6, 6.07) is 9.87. The van der Waals surface area contributed by atoms with E-state index in [0.717, 1.165) is 23.4 Å². The quantitative estimate of drug-likeness (QED) is 0.862. The number of ether oxygens (including phenoxy) is 2. The second-order valence-electron chi connectivity index (χ2n) is 5.87. The molecule has 0 amide bonds. The van der Waals surface area contributed by atoms with Gasteiger partial charge in [0, 0.05) is 23.1 Å². The van der Waals surface area contributed by atoms with Gasteiger partial charge in [-0.15, -0.1) is 0 Å². The Morgan fingerprint density at radius 2 is 2.18 bits per heavy atom. The second-order valence-corrected chi connectivity index (χ2v) is 5.87. The van der Waals surface area contributed by atoms with E-state index in [1.54, 1.807) is 6.92 Å². The van der Waals surface area contributed by atoms with E-state index in [4.69, 9.17) is 9.47 Å². The lowest BCUT2D eigenvalue weighted by molar-refractivity contribution is 0.0518. The van der Waals surface area contributed by atoms with Crippen LogP contribution < -0.4 is 4.74 Å². The van der Waals surface area contributed by atoms with Gasteiger partial charge in [0.05, 0.1) is 13.2 Å². The number of carbonyl (C=O) groups is 1. The summed E-state index contributed by atoms with van der Waals surface area (Å²) in [5, 5.41) is 7.18. The third-order valence-electron chi connectivity index (χ3n) is 4.66. The van der Waals surface area contributed by atoms with Gasteiger partial charge in [-0.05, 0) is 31.4 Å². The molecule has 5 heteroatoms. The van der Waals surface area contributed by atoms with Crippen LogP contribution in [0.5, 0.6) is 5.75 Å². The molecule has 1 heterocycles. The standard InChI is InChI=1S/C17H18N2O3/c1-2-21-17(20)16-12-8-11-13(14(11)15(12)18-19-16)9-22-10-6-4-3-5-7-10/h3-7,11,13-14H,2,8-9H2,1H3,(H,18,19)/t11-,13+,14-/m0/s1. The largest absolute Gasteiger partial charge is 0.493 e. The number of H-pyrrole nitrogens is 1. The highest BCUT2D eigenvalue weighted by atomic mass is 16.5. The van der Waals surface area contributed by atoms with Gasteiger partial charge in [-0.25, -0.2) is 4.79 Å². The maximum absolute atomic E-state index is 11.8. The van der Waals surface area contributed by atoms with Crippen LogP contribution in [0.4, 0.5) is 0 Å². The monoisotopic (exact) mass is 298 g/mol. The lowest BCUT2D eigenvalue weighted by Gasteiger charge is -2.07. The molecule has 1 aromatic carbocycles. The Morgan fingerprint density at radius 3 is 2.95 bits per heavy atom. The Balaban J connectivity index is 1.42. The van der Waals surface area contributed by atoms with Gasteiger partial charge in [-0.3, -0.25) is 5.10 Å². The number of para-hydroxylation sites is 1. The van der Waals surface area contributed by atoms with Crippen LogP contribution in [0.3, 0.4) is 0 Å². The number of esters is 1. The molecule has 1 N–H and O–H groups in total. The predicted molar refractivity (Wildman–Crippen MR) is 79.9 cm³/mol. The molecule has 2 aromatic rings. The third-order valence-corrected chi connectivity index (χ3v) is 4.66. The number of hydrogen-bond acceptors (Lipinski definition) is 4. The van der Waals surface area contributed by atoms with Gasteiger partial charge in [0.1, 0.15) is 5.75 Å². The molecule has 0 spiro atoms. The molecule has 4 rings (SSSR count). The lowest BCUT2D eigenvalue weighted by Crippen LogP contribution is -2.09. The molecular weight excluding hydrogens is 280 g/mol.